The van der Waals surface area contributed by atoms with E-state index in [9.17, 15) is 9.59 Å². The average Bonchev–Trinajstić information content (AvgIpc) is 2.59. The van der Waals surface area contributed by atoms with Gasteiger partial charge >= 0.3 is 0 Å². The molecule has 2 amide bonds. The van der Waals surface area contributed by atoms with Crippen LogP contribution in [0.15, 0.2) is 24.3 Å². The van der Waals surface area contributed by atoms with Crippen molar-refractivity contribution in [2.75, 3.05) is 11.9 Å². The number of carbonyl (C=O) groups is 2. The monoisotopic (exact) mass is 356 g/mol. The minimum Gasteiger partial charge on any atom is -0.366 e. The van der Waals surface area contributed by atoms with Crippen molar-refractivity contribution in [1.29, 1.82) is 0 Å². The molecule has 5 rings (SSSR count). The topological polar surface area (TPSA) is 88.8 Å². The van der Waals surface area contributed by atoms with Crippen molar-refractivity contribution in [3.8, 4) is 0 Å². The first kappa shape index (κ1) is 17.5. The summed E-state index contributed by atoms with van der Waals surface area (Å²) in [5.41, 5.74) is 6.88. The largest absolute Gasteiger partial charge is 0.366 e. The van der Waals surface area contributed by atoms with E-state index >= 15 is 0 Å². The number of anilines is 1. The molecule has 0 unspecified atom stereocenters. The Bertz CT molecular complexity index is 662. The second-order valence-corrected chi connectivity index (χ2v) is 9.08. The van der Waals surface area contributed by atoms with Gasteiger partial charge in [0.05, 0.1) is 6.54 Å². The third-order valence-electron chi connectivity index (χ3n) is 6.92. The lowest BCUT2D eigenvalue weighted by Gasteiger charge is -2.56. The molecule has 0 aliphatic heterocycles. The Morgan fingerprint density at radius 1 is 1.12 bits per heavy atom. The van der Waals surface area contributed by atoms with Crippen LogP contribution in [0.3, 0.4) is 0 Å². The first-order chi connectivity index (χ1) is 12.4. The summed E-state index contributed by atoms with van der Waals surface area (Å²) in [6.45, 7) is 3.05. The van der Waals surface area contributed by atoms with Crippen LogP contribution >= 0.6 is 0 Å². The molecule has 1 aromatic carbocycles. The minimum absolute atomic E-state index is 0.0153. The molecule has 5 N–H and O–H groups in total. The summed E-state index contributed by atoms with van der Waals surface area (Å²) < 4.78 is 0. The van der Waals surface area contributed by atoms with E-state index in [-0.39, 0.29) is 11.9 Å². The Morgan fingerprint density at radius 2 is 1.65 bits per heavy atom. The Balaban J connectivity index is 1.31. The Hall–Kier alpha value is -1.88. The summed E-state index contributed by atoms with van der Waals surface area (Å²) in [5.74, 6) is 2.40. The molecule has 4 bridgehead atoms. The molecule has 0 heterocycles. The number of amides is 2. The summed E-state index contributed by atoms with van der Waals surface area (Å²) in [6, 6.07) is 6.62. The number of nitrogens with one attached hydrogen (secondary N) is 1. The summed E-state index contributed by atoms with van der Waals surface area (Å²) in [5, 5.41) is 5.18. The van der Waals surface area contributed by atoms with E-state index in [1.54, 1.807) is 24.3 Å². The van der Waals surface area contributed by atoms with Crippen LogP contribution in [0.2, 0.25) is 0 Å². The van der Waals surface area contributed by atoms with E-state index in [0.29, 0.717) is 16.7 Å². The lowest BCUT2D eigenvalue weighted by molar-refractivity contribution is -0.686. The lowest BCUT2D eigenvalue weighted by atomic mass is 9.49. The van der Waals surface area contributed by atoms with Crippen LogP contribution in [0.25, 0.3) is 0 Å². The smallest absolute Gasteiger partial charge is 0.282 e. The van der Waals surface area contributed by atoms with E-state index in [2.05, 4.69) is 10.6 Å². The Morgan fingerprint density at radius 3 is 2.15 bits per heavy atom. The third-order valence-corrected chi connectivity index (χ3v) is 6.92. The number of rotatable bonds is 6. The zero-order chi connectivity index (χ0) is 18.3. The molecule has 5 nitrogen and oxygen atoms in total. The number of primary amides is 1. The standard InChI is InChI=1S/C21H29N3O2/c1-13(20(26)24-18-4-2-17(3-5-18)19(22)25)23-12-21-9-14-6-15(10-21)8-16(7-14)11-21/h2-5,13-16,23H,6-12H2,1H3,(H2,22,25)(H,24,26)/p+1/t13-,14?,15?,16?,21?/m0/s1. The van der Waals surface area contributed by atoms with Crippen molar-refractivity contribution in [3.05, 3.63) is 29.8 Å². The highest BCUT2D eigenvalue weighted by molar-refractivity contribution is 5.95. The van der Waals surface area contributed by atoms with Gasteiger partial charge in [-0.05, 0) is 87.5 Å². The Labute approximate surface area is 155 Å². The van der Waals surface area contributed by atoms with Crippen LogP contribution in [-0.4, -0.2) is 24.4 Å². The number of nitrogens with two attached hydrogens (primary N) is 2. The van der Waals surface area contributed by atoms with Crippen molar-refractivity contribution in [2.24, 2.45) is 28.9 Å². The number of benzene rings is 1. The molecule has 1 atom stereocenters. The van der Waals surface area contributed by atoms with Crippen molar-refractivity contribution >= 4 is 17.5 Å². The molecule has 4 saturated carbocycles. The number of hydrogen-bond acceptors (Lipinski definition) is 2. The first-order valence-corrected chi connectivity index (χ1v) is 9.96. The zero-order valence-electron chi connectivity index (χ0n) is 15.5. The molecule has 4 aliphatic carbocycles. The fourth-order valence-electron chi connectivity index (χ4n) is 6.05. The van der Waals surface area contributed by atoms with Crippen molar-refractivity contribution in [3.63, 3.8) is 0 Å². The maximum Gasteiger partial charge on any atom is 0.282 e. The number of carbonyl (C=O) groups excluding carboxylic acids is 2. The van der Waals surface area contributed by atoms with Gasteiger partial charge in [-0.3, -0.25) is 9.59 Å². The predicted octanol–water partition coefficient (Wildman–Crippen LogP) is 1.89. The van der Waals surface area contributed by atoms with Gasteiger partial charge < -0.3 is 16.4 Å². The summed E-state index contributed by atoms with van der Waals surface area (Å²) in [7, 11) is 0. The normalized spacial score (nSPS) is 33.0. The van der Waals surface area contributed by atoms with Crippen LogP contribution < -0.4 is 16.4 Å². The maximum atomic E-state index is 12.5. The summed E-state index contributed by atoms with van der Waals surface area (Å²) >= 11 is 0. The highest BCUT2D eigenvalue weighted by Gasteiger charge is 2.51. The molecule has 0 spiro atoms. The van der Waals surface area contributed by atoms with E-state index in [4.69, 9.17) is 5.73 Å². The zero-order valence-corrected chi connectivity index (χ0v) is 15.5. The van der Waals surface area contributed by atoms with Crippen molar-refractivity contribution in [1.82, 2.24) is 0 Å². The van der Waals surface area contributed by atoms with E-state index < -0.39 is 5.91 Å². The molecule has 0 radical (unpaired) electrons. The van der Waals surface area contributed by atoms with Gasteiger partial charge in [0.25, 0.3) is 5.91 Å². The molecule has 0 aromatic heterocycles. The molecule has 0 saturated heterocycles. The average molecular weight is 356 g/mol. The van der Waals surface area contributed by atoms with Gasteiger partial charge in [-0.1, -0.05) is 0 Å². The van der Waals surface area contributed by atoms with E-state index in [0.717, 1.165) is 24.3 Å². The molecular weight excluding hydrogens is 326 g/mol. The van der Waals surface area contributed by atoms with Gasteiger partial charge in [-0.2, -0.15) is 0 Å². The molecule has 5 heteroatoms. The second-order valence-electron chi connectivity index (χ2n) is 9.08. The second kappa shape index (κ2) is 6.69. The van der Waals surface area contributed by atoms with Gasteiger partial charge in [-0.25, -0.2) is 0 Å². The van der Waals surface area contributed by atoms with Crippen LogP contribution in [-0.2, 0) is 4.79 Å². The van der Waals surface area contributed by atoms with Crippen LogP contribution in [0.1, 0.15) is 55.8 Å². The molecule has 4 fully saturated rings. The number of quaternary nitrogens is 1. The minimum atomic E-state index is -0.458. The van der Waals surface area contributed by atoms with Crippen molar-refractivity contribution < 1.29 is 14.9 Å². The van der Waals surface area contributed by atoms with Gasteiger partial charge in [0.1, 0.15) is 0 Å². The van der Waals surface area contributed by atoms with Gasteiger partial charge in [-0.15, -0.1) is 0 Å². The molecule has 140 valence electrons. The molecule has 1 aromatic rings. The van der Waals surface area contributed by atoms with Gasteiger partial charge in [0.15, 0.2) is 6.04 Å². The first-order valence-electron chi connectivity index (χ1n) is 9.96. The SMILES string of the molecule is C[C@H]([NH2+]CC12CC3CC(CC(C3)C1)C2)C(=O)Nc1ccc(C(N)=O)cc1. The fraction of sp³-hybridized carbons (Fsp3) is 0.619. The van der Waals surface area contributed by atoms with Crippen LogP contribution in [0.4, 0.5) is 5.69 Å². The molecule has 4 aliphatic rings. The van der Waals surface area contributed by atoms with Gasteiger partial charge in [0, 0.05) is 16.7 Å². The fourth-order valence-corrected chi connectivity index (χ4v) is 6.05. The maximum absolute atomic E-state index is 12.5. The predicted molar refractivity (Wildman–Crippen MR) is 100 cm³/mol. The quantitative estimate of drug-likeness (QED) is 0.727. The third kappa shape index (κ3) is 3.50. The van der Waals surface area contributed by atoms with Crippen LogP contribution in [0.5, 0.6) is 0 Å². The van der Waals surface area contributed by atoms with E-state index in [1.165, 1.54) is 38.5 Å². The number of hydrogen-bond donors (Lipinski definition) is 3. The van der Waals surface area contributed by atoms with Crippen molar-refractivity contribution in [2.45, 2.75) is 51.5 Å². The summed E-state index contributed by atoms with van der Waals surface area (Å²) in [6.07, 6.45) is 8.49. The Kier molecular flexibility index (Phi) is 4.51. The highest BCUT2D eigenvalue weighted by Crippen LogP contribution is 2.59. The highest BCUT2D eigenvalue weighted by atomic mass is 16.2. The van der Waals surface area contributed by atoms with Gasteiger partial charge in [0.2, 0.25) is 5.91 Å². The lowest BCUT2D eigenvalue weighted by Crippen LogP contribution is -2.94. The summed E-state index contributed by atoms with van der Waals surface area (Å²) in [4.78, 5) is 23.6. The molecule has 26 heavy (non-hydrogen) atoms. The van der Waals surface area contributed by atoms with Crippen LogP contribution in [0, 0.1) is 23.2 Å². The molecular formula is C21H30N3O2+. The van der Waals surface area contributed by atoms with E-state index in [1.807, 2.05) is 6.92 Å².